The summed E-state index contributed by atoms with van der Waals surface area (Å²) in [5.41, 5.74) is 0.0257. The number of hydrogen-bond donors (Lipinski definition) is 1. The number of halogens is 1. The summed E-state index contributed by atoms with van der Waals surface area (Å²) < 4.78 is 5.47. The van der Waals surface area contributed by atoms with E-state index < -0.39 is 0 Å². The molecule has 0 bridgehead atoms. The Hall–Kier alpha value is -1.03. The van der Waals surface area contributed by atoms with Crippen LogP contribution in [0, 0.1) is 0 Å². The first-order valence-corrected chi connectivity index (χ1v) is 6.60. The Balaban J connectivity index is 2.00. The second kappa shape index (κ2) is 5.54. The first-order chi connectivity index (χ1) is 8.28. The van der Waals surface area contributed by atoms with Crippen molar-refractivity contribution in [3.63, 3.8) is 0 Å². The Morgan fingerprint density at radius 1 is 1.47 bits per heavy atom. The molecule has 1 aromatic rings. The highest BCUT2D eigenvalue weighted by Gasteiger charge is 2.36. The molecule has 1 fully saturated rings. The number of anilines is 1. The molecule has 1 N–H and O–H groups in total. The Kier molecular flexibility index (Phi) is 4.05. The van der Waals surface area contributed by atoms with Gasteiger partial charge < -0.3 is 10.1 Å². The Bertz CT molecular complexity index is 363. The molecule has 0 aromatic carbocycles. The summed E-state index contributed by atoms with van der Waals surface area (Å²) in [6.45, 7) is 2.74. The summed E-state index contributed by atoms with van der Waals surface area (Å²) in [5.74, 6) is 2.03. The van der Waals surface area contributed by atoms with Crippen LogP contribution in [0.4, 0.5) is 5.82 Å². The van der Waals surface area contributed by atoms with Crippen molar-refractivity contribution in [1.82, 2.24) is 9.97 Å². The van der Waals surface area contributed by atoms with Crippen LogP contribution in [-0.2, 0) is 0 Å². The van der Waals surface area contributed by atoms with Gasteiger partial charge in [0.1, 0.15) is 12.1 Å². The van der Waals surface area contributed by atoms with Crippen molar-refractivity contribution in [2.75, 3.05) is 17.8 Å². The van der Waals surface area contributed by atoms with Crippen molar-refractivity contribution in [2.45, 2.75) is 38.1 Å². The standard InChI is InChI=1S/C12H18ClN3O/c1-2-6-17-11-7-10(14-9-15-11)16-12(8-13)4-3-5-12/h7,9H,2-6,8H2,1H3,(H,14,15,16). The second-order valence-electron chi connectivity index (χ2n) is 4.48. The van der Waals surface area contributed by atoms with E-state index in [4.69, 9.17) is 16.3 Å². The predicted octanol–water partition coefficient (Wildman–Crippen LogP) is 2.84. The highest BCUT2D eigenvalue weighted by Crippen LogP contribution is 2.36. The van der Waals surface area contributed by atoms with Gasteiger partial charge in [0.15, 0.2) is 0 Å². The number of hydrogen-bond acceptors (Lipinski definition) is 4. The summed E-state index contributed by atoms with van der Waals surface area (Å²) in [4.78, 5) is 8.27. The van der Waals surface area contributed by atoms with Crippen LogP contribution in [0.3, 0.4) is 0 Å². The molecule has 0 spiro atoms. The van der Waals surface area contributed by atoms with E-state index in [9.17, 15) is 0 Å². The van der Waals surface area contributed by atoms with Gasteiger partial charge in [0.2, 0.25) is 5.88 Å². The van der Waals surface area contributed by atoms with Crippen molar-refractivity contribution in [3.8, 4) is 5.88 Å². The molecule has 0 radical (unpaired) electrons. The zero-order valence-corrected chi connectivity index (χ0v) is 10.8. The fourth-order valence-electron chi connectivity index (χ4n) is 1.86. The van der Waals surface area contributed by atoms with Crippen LogP contribution in [0.5, 0.6) is 5.88 Å². The molecule has 1 heterocycles. The van der Waals surface area contributed by atoms with Gasteiger partial charge in [-0.1, -0.05) is 6.92 Å². The third-order valence-electron chi connectivity index (χ3n) is 3.06. The van der Waals surface area contributed by atoms with Gasteiger partial charge in [-0.15, -0.1) is 11.6 Å². The van der Waals surface area contributed by atoms with E-state index in [0.717, 1.165) is 25.1 Å². The maximum atomic E-state index is 6.00. The molecular formula is C12H18ClN3O. The predicted molar refractivity (Wildman–Crippen MR) is 68.7 cm³/mol. The maximum absolute atomic E-state index is 6.00. The normalized spacial score (nSPS) is 17.3. The van der Waals surface area contributed by atoms with Gasteiger partial charge in [-0.2, -0.15) is 0 Å². The van der Waals surface area contributed by atoms with Crippen LogP contribution in [0.25, 0.3) is 0 Å². The minimum Gasteiger partial charge on any atom is -0.478 e. The Morgan fingerprint density at radius 2 is 2.29 bits per heavy atom. The molecule has 2 rings (SSSR count). The highest BCUT2D eigenvalue weighted by atomic mass is 35.5. The minimum atomic E-state index is 0.0257. The average Bonchev–Trinajstić information content (AvgIpc) is 2.32. The topological polar surface area (TPSA) is 47.0 Å². The van der Waals surface area contributed by atoms with Gasteiger partial charge >= 0.3 is 0 Å². The number of nitrogens with zero attached hydrogens (tertiary/aromatic N) is 2. The van der Waals surface area contributed by atoms with Crippen molar-refractivity contribution in [3.05, 3.63) is 12.4 Å². The summed E-state index contributed by atoms with van der Waals surface area (Å²) in [5, 5.41) is 3.40. The van der Waals surface area contributed by atoms with E-state index >= 15 is 0 Å². The lowest BCUT2D eigenvalue weighted by Gasteiger charge is -2.41. The van der Waals surface area contributed by atoms with Gasteiger partial charge in [0.05, 0.1) is 12.1 Å². The molecule has 1 aliphatic carbocycles. The monoisotopic (exact) mass is 255 g/mol. The van der Waals surface area contributed by atoms with E-state index in [1.54, 1.807) is 0 Å². The number of alkyl halides is 1. The van der Waals surface area contributed by atoms with Gasteiger partial charge in [-0.05, 0) is 25.7 Å². The summed E-state index contributed by atoms with van der Waals surface area (Å²) >= 11 is 6.00. The quantitative estimate of drug-likeness (QED) is 0.794. The third kappa shape index (κ3) is 3.00. The fourth-order valence-corrected chi connectivity index (χ4v) is 2.19. The van der Waals surface area contributed by atoms with E-state index in [2.05, 4.69) is 22.2 Å². The molecule has 0 amide bonds. The van der Waals surface area contributed by atoms with E-state index in [1.807, 2.05) is 6.07 Å². The molecular weight excluding hydrogens is 238 g/mol. The van der Waals surface area contributed by atoms with Crippen LogP contribution >= 0.6 is 11.6 Å². The summed E-state index contributed by atoms with van der Waals surface area (Å²) in [7, 11) is 0. The van der Waals surface area contributed by atoms with Crippen molar-refractivity contribution in [2.24, 2.45) is 0 Å². The zero-order valence-electron chi connectivity index (χ0n) is 10.1. The Morgan fingerprint density at radius 3 is 2.88 bits per heavy atom. The van der Waals surface area contributed by atoms with Crippen LogP contribution in [0.15, 0.2) is 12.4 Å². The maximum Gasteiger partial charge on any atom is 0.218 e. The molecule has 94 valence electrons. The Labute approximate surface area is 107 Å². The lowest BCUT2D eigenvalue weighted by atomic mass is 9.78. The van der Waals surface area contributed by atoms with Crippen LogP contribution in [0.2, 0.25) is 0 Å². The first kappa shape index (κ1) is 12.4. The fraction of sp³-hybridized carbons (Fsp3) is 0.667. The van der Waals surface area contributed by atoms with Gasteiger partial charge in [0.25, 0.3) is 0 Å². The second-order valence-corrected chi connectivity index (χ2v) is 4.75. The first-order valence-electron chi connectivity index (χ1n) is 6.07. The SMILES string of the molecule is CCCOc1cc(NC2(CCl)CCC2)ncn1. The third-order valence-corrected chi connectivity index (χ3v) is 3.57. The lowest BCUT2D eigenvalue weighted by Crippen LogP contribution is -2.47. The molecule has 17 heavy (non-hydrogen) atoms. The van der Waals surface area contributed by atoms with Crippen LogP contribution in [-0.4, -0.2) is 28.0 Å². The molecule has 5 heteroatoms. The van der Waals surface area contributed by atoms with Gasteiger partial charge in [-0.3, -0.25) is 0 Å². The number of rotatable bonds is 6. The number of aromatic nitrogens is 2. The summed E-state index contributed by atoms with van der Waals surface area (Å²) in [6, 6.07) is 1.84. The average molecular weight is 256 g/mol. The molecule has 0 aliphatic heterocycles. The largest absolute Gasteiger partial charge is 0.478 e. The van der Waals surface area contributed by atoms with E-state index in [-0.39, 0.29) is 5.54 Å². The van der Waals surface area contributed by atoms with Gasteiger partial charge in [0, 0.05) is 11.9 Å². The zero-order chi connectivity index (χ0) is 12.1. The highest BCUT2D eigenvalue weighted by molar-refractivity contribution is 6.19. The lowest BCUT2D eigenvalue weighted by molar-refractivity contribution is 0.301. The molecule has 1 aliphatic rings. The van der Waals surface area contributed by atoms with Crippen LogP contribution in [0.1, 0.15) is 32.6 Å². The minimum absolute atomic E-state index is 0.0257. The molecule has 0 atom stereocenters. The molecule has 1 saturated carbocycles. The van der Waals surface area contributed by atoms with Crippen LogP contribution < -0.4 is 10.1 Å². The molecule has 0 unspecified atom stereocenters. The molecule has 0 saturated heterocycles. The smallest absolute Gasteiger partial charge is 0.218 e. The van der Waals surface area contributed by atoms with Crippen molar-refractivity contribution >= 4 is 17.4 Å². The van der Waals surface area contributed by atoms with Crippen molar-refractivity contribution in [1.29, 1.82) is 0 Å². The molecule has 1 aromatic heterocycles. The van der Waals surface area contributed by atoms with E-state index in [0.29, 0.717) is 18.4 Å². The number of ether oxygens (including phenoxy) is 1. The van der Waals surface area contributed by atoms with Crippen molar-refractivity contribution < 1.29 is 4.74 Å². The van der Waals surface area contributed by atoms with E-state index in [1.165, 1.54) is 12.7 Å². The summed E-state index contributed by atoms with van der Waals surface area (Å²) in [6.07, 6.45) is 5.92. The molecule has 4 nitrogen and oxygen atoms in total. The number of nitrogens with one attached hydrogen (secondary N) is 1. The van der Waals surface area contributed by atoms with Gasteiger partial charge in [-0.25, -0.2) is 9.97 Å².